The van der Waals surface area contributed by atoms with Crippen molar-refractivity contribution in [3.05, 3.63) is 93.9 Å². The van der Waals surface area contributed by atoms with E-state index in [1.165, 1.54) is 0 Å². The van der Waals surface area contributed by atoms with E-state index in [0.717, 1.165) is 17.5 Å². The van der Waals surface area contributed by atoms with E-state index in [1.807, 2.05) is 60.7 Å². The molecule has 0 fully saturated rings. The molecule has 0 spiro atoms. The molecule has 2 heterocycles. The highest BCUT2D eigenvalue weighted by Crippen LogP contribution is 2.27. The number of hydrogen-bond acceptors (Lipinski definition) is 5. The van der Waals surface area contributed by atoms with Gasteiger partial charge in [-0.3, -0.25) is 4.79 Å². The normalized spacial score (nSPS) is 11.9. The number of aromatic amines is 1. The zero-order valence-corrected chi connectivity index (χ0v) is 19.0. The van der Waals surface area contributed by atoms with Gasteiger partial charge in [0.2, 0.25) is 0 Å². The quantitative estimate of drug-likeness (QED) is 0.280. The number of rotatable bonds is 9. The molecule has 0 saturated carbocycles. The third-order valence-corrected chi connectivity index (χ3v) is 5.74. The van der Waals surface area contributed by atoms with Gasteiger partial charge in [0, 0.05) is 6.54 Å². The molecule has 1 unspecified atom stereocenters. The SMILES string of the molecule is CCOC(=O)c1c(NCCc2ccccc2)c2cnn(CC(Cl)c3ccccc3)c2[nH]c1=O. The van der Waals surface area contributed by atoms with Crippen molar-refractivity contribution in [1.82, 2.24) is 14.8 Å². The molecular weight excluding hydrogens is 440 g/mol. The number of carbonyl (C=O) groups is 1. The Hall–Kier alpha value is -3.58. The number of anilines is 1. The molecule has 0 bridgehead atoms. The van der Waals surface area contributed by atoms with Crippen LogP contribution in [-0.2, 0) is 17.7 Å². The summed E-state index contributed by atoms with van der Waals surface area (Å²) in [5.74, 6) is -0.671. The zero-order valence-electron chi connectivity index (χ0n) is 18.3. The minimum Gasteiger partial charge on any atom is -0.462 e. The van der Waals surface area contributed by atoms with E-state index >= 15 is 0 Å². The molecule has 4 aromatic rings. The lowest BCUT2D eigenvalue weighted by Gasteiger charge is -2.14. The van der Waals surface area contributed by atoms with E-state index in [1.54, 1.807) is 17.8 Å². The van der Waals surface area contributed by atoms with Gasteiger partial charge in [0.05, 0.1) is 35.8 Å². The van der Waals surface area contributed by atoms with Crippen LogP contribution in [0.2, 0.25) is 0 Å². The van der Waals surface area contributed by atoms with Gasteiger partial charge >= 0.3 is 5.97 Å². The number of ether oxygens (including phenoxy) is 1. The minimum absolute atomic E-state index is 0.0533. The van der Waals surface area contributed by atoms with Crippen molar-refractivity contribution in [2.45, 2.75) is 25.3 Å². The highest BCUT2D eigenvalue weighted by molar-refractivity contribution is 6.20. The number of benzene rings is 2. The summed E-state index contributed by atoms with van der Waals surface area (Å²) in [7, 11) is 0. The molecule has 33 heavy (non-hydrogen) atoms. The van der Waals surface area contributed by atoms with Crippen molar-refractivity contribution in [3.63, 3.8) is 0 Å². The molecule has 0 aliphatic heterocycles. The summed E-state index contributed by atoms with van der Waals surface area (Å²) in [6, 6.07) is 19.6. The molecule has 170 valence electrons. The third-order valence-electron chi connectivity index (χ3n) is 5.35. The Morgan fingerprint density at radius 3 is 2.55 bits per heavy atom. The zero-order chi connectivity index (χ0) is 23.2. The van der Waals surface area contributed by atoms with Crippen LogP contribution in [0, 0.1) is 0 Å². The monoisotopic (exact) mass is 464 g/mol. The van der Waals surface area contributed by atoms with Gasteiger partial charge in [-0.25, -0.2) is 9.48 Å². The van der Waals surface area contributed by atoms with E-state index in [4.69, 9.17) is 16.3 Å². The fourth-order valence-electron chi connectivity index (χ4n) is 3.73. The van der Waals surface area contributed by atoms with Crippen LogP contribution in [0.5, 0.6) is 0 Å². The molecule has 0 aliphatic rings. The number of hydrogen-bond donors (Lipinski definition) is 2. The maximum Gasteiger partial charge on any atom is 0.345 e. The Morgan fingerprint density at radius 1 is 1.15 bits per heavy atom. The fraction of sp³-hybridized carbons (Fsp3) is 0.240. The molecule has 0 saturated heterocycles. The molecule has 4 rings (SSSR count). The second-order valence-corrected chi connectivity index (χ2v) is 8.08. The Morgan fingerprint density at radius 2 is 1.85 bits per heavy atom. The van der Waals surface area contributed by atoms with Crippen LogP contribution in [0.1, 0.15) is 33.8 Å². The van der Waals surface area contributed by atoms with E-state index in [-0.39, 0.29) is 17.5 Å². The number of carbonyl (C=O) groups excluding carboxylic acids is 1. The van der Waals surface area contributed by atoms with E-state index in [0.29, 0.717) is 29.8 Å². The second-order valence-electron chi connectivity index (χ2n) is 7.55. The lowest BCUT2D eigenvalue weighted by atomic mass is 10.1. The van der Waals surface area contributed by atoms with Crippen molar-refractivity contribution >= 4 is 34.3 Å². The first-order valence-electron chi connectivity index (χ1n) is 10.8. The first-order chi connectivity index (χ1) is 16.1. The Kier molecular flexibility index (Phi) is 7.10. The van der Waals surface area contributed by atoms with Crippen LogP contribution in [0.4, 0.5) is 5.69 Å². The van der Waals surface area contributed by atoms with Crippen LogP contribution in [-0.4, -0.2) is 33.9 Å². The van der Waals surface area contributed by atoms with Crippen LogP contribution in [0.3, 0.4) is 0 Å². The summed E-state index contributed by atoms with van der Waals surface area (Å²) in [4.78, 5) is 28.3. The highest BCUT2D eigenvalue weighted by atomic mass is 35.5. The first kappa shape index (κ1) is 22.6. The molecular formula is C25H25ClN4O3. The number of pyridine rings is 1. The van der Waals surface area contributed by atoms with Gasteiger partial charge < -0.3 is 15.0 Å². The largest absolute Gasteiger partial charge is 0.462 e. The number of H-pyrrole nitrogens is 1. The molecule has 2 aromatic heterocycles. The summed E-state index contributed by atoms with van der Waals surface area (Å²) in [5, 5.41) is 8.01. The van der Waals surface area contributed by atoms with Crippen LogP contribution >= 0.6 is 11.6 Å². The van der Waals surface area contributed by atoms with Crippen LogP contribution in [0.25, 0.3) is 11.0 Å². The summed E-state index contributed by atoms with van der Waals surface area (Å²) in [6.07, 6.45) is 2.36. The van der Waals surface area contributed by atoms with Gasteiger partial charge in [-0.2, -0.15) is 5.10 Å². The molecule has 7 nitrogen and oxygen atoms in total. The third kappa shape index (κ3) is 5.09. The molecule has 1 atom stereocenters. The smallest absolute Gasteiger partial charge is 0.345 e. The van der Waals surface area contributed by atoms with Gasteiger partial charge in [-0.1, -0.05) is 60.7 Å². The molecule has 0 aliphatic carbocycles. The van der Waals surface area contributed by atoms with Gasteiger partial charge in [-0.05, 0) is 24.5 Å². The minimum atomic E-state index is -0.671. The summed E-state index contributed by atoms with van der Waals surface area (Å²) in [6.45, 7) is 2.76. The standard InChI is InChI=1S/C25H25ClN4O3/c1-2-33-25(32)21-22(27-14-13-17-9-5-3-6-10-17)19-15-28-30(23(19)29-24(21)31)16-20(26)18-11-7-4-8-12-18/h3-12,15,20H,2,13-14,16H2,1H3,(H2,27,29,31). The van der Waals surface area contributed by atoms with Gasteiger partial charge in [0.25, 0.3) is 5.56 Å². The van der Waals surface area contributed by atoms with Crippen LogP contribution in [0.15, 0.2) is 71.7 Å². The summed E-state index contributed by atoms with van der Waals surface area (Å²) in [5.41, 5.74) is 2.43. The number of esters is 1. The lowest BCUT2D eigenvalue weighted by molar-refractivity contribution is 0.0525. The maximum atomic E-state index is 12.9. The number of nitrogens with zero attached hydrogens (tertiary/aromatic N) is 2. The van der Waals surface area contributed by atoms with E-state index < -0.39 is 11.5 Å². The van der Waals surface area contributed by atoms with Gasteiger partial charge in [-0.15, -0.1) is 11.6 Å². The van der Waals surface area contributed by atoms with Crippen molar-refractivity contribution < 1.29 is 9.53 Å². The predicted octanol–water partition coefficient (Wildman–Crippen LogP) is 4.54. The summed E-state index contributed by atoms with van der Waals surface area (Å²) >= 11 is 6.61. The lowest BCUT2D eigenvalue weighted by Crippen LogP contribution is -2.24. The van der Waals surface area contributed by atoms with Crippen molar-refractivity contribution in [1.29, 1.82) is 0 Å². The van der Waals surface area contributed by atoms with Crippen molar-refractivity contribution in [2.24, 2.45) is 0 Å². The predicted molar refractivity (Wildman–Crippen MR) is 130 cm³/mol. The number of aromatic nitrogens is 3. The molecule has 2 N–H and O–H groups in total. The van der Waals surface area contributed by atoms with Gasteiger partial charge in [0.15, 0.2) is 0 Å². The topological polar surface area (TPSA) is 89.0 Å². The van der Waals surface area contributed by atoms with E-state index in [9.17, 15) is 9.59 Å². The highest BCUT2D eigenvalue weighted by Gasteiger charge is 2.23. The molecule has 0 amide bonds. The Labute approximate surface area is 196 Å². The average Bonchev–Trinajstić information content (AvgIpc) is 3.22. The Bertz CT molecular complexity index is 1290. The maximum absolute atomic E-state index is 12.9. The van der Waals surface area contributed by atoms with Gasteiger partial charge in [0.1, 0.15) is 11.2 Å². The Balaban J connectivity index is 1.68. The molecule has 0 radical (unpaired) electrons. The number of fused-ring (bicyclic) bond motifs is 1. The number of alkyl halides is 1. The van der Waals surface area contributed by atoms with E-state index in [2.05, 4.69) is 15.4 Å². The average molecular weight is 465 g/mol. The first-order valence-corrected chi connectivity index (χ1v) is 11.3. The van der Waals surface area contributed by atoms with Crippen molar-refractivity contribution in [3.8, 4) is 0 Å². The summed E-state index contributed by atoms with van der Waals surface area (Å²) < 4.78 is 6.80. The fourth-order valence-corrected chi connectivity index (χ4v) is 4.01. The molecule has 2 aromatic carbocycles. The molecule has 8 heteroatoms. The number of halogens is 1. The van der Waals surface area contributed by atoms with Crippen molar-refractivity contribution in [2.75, 3.05) is 18.5 Å². The second kappa shape index (κ2) is 10.4. The van der Waals surface area contributed by atoms with Crippen LogP contribution < -0.4 is 10.9 Å². The number of nitrogens with one attached hydrogen (secondary N) is 2.